The molecule has 108 valence electrons. The first kappa shape index (κ1) is 15.5. The number of nitrogens with one attached hydrogen (secondary N) is 1. The molecule has 0 aliphatic carbocycles. The Balaban J connectivity index is 2.39. The Labute approximate surface area is 130 Å². The molecule has 2 rings (SSSR count). The van der Waals surface area contributed by atoms with Crippen LogP contribution in [0.25, 0.3) is 0 Å². The molecule has 0 spiro atoms. The minimum absolute atomic E-state index is 0.148. The lowest BCUT2D eigenvalue weighted by Gasteiger charge is -2.18. The van der Waals surface area contributed by atoms with Crippen LogP contribution < -0.4 is 5.32 Å². The molecule has 1 aromatic heterocycles. The second kappa shape index (κ2) is 6.70. The topological polar surface area (TPSA) is 24.9 Å². The predicted molar refractivity (Wildman–Crippen MR) is 87.9 cm³/mol. The van der Waals surface area contributed by atoms with Crippen molar-refractivity contribution < 1.29 is 0 Å². The second-order valence-corrected chi connectivity index (χ2v) is 6.58. The zero-order chi connectivity index (χ0) is 14.7. The number of halogens is 1. The minimum atomic E-state index is 0.148. The maximum Gasteiger partial charge on any atom is 0.114 e. The number of benzene rings is 1. The van der Waals surface area contributed by atoms with Gasteiger partial charge in [0.25, 0.3) is 0 Å². The van der Waals surface area contributed by atoms with Crippen LogP contribution >= 0.6 is 22.9 Å². The summed E-state index contributed by atoms with van der Waals surface area (Å²) in [6.07, 6.45) is 0. The summed E-state index contributed by atoms with van der Waals surface area (Å²) in [5.41, 5.74) is 3.62. The summed E-state index contributed by atoms with van der Waals surface area (Å²) in [7, 11) is 0. The first-order valence-electron chi connectivity index (χ1n) is 6.97. The van der Waals surface area contributed by atoms with E-state index in [1.165, 1.54) is 16.8 Å². The molecule has 0 saturated heterocycles. The van der Waals surface area contributed by atoms with Crippen LogP contribution in [0.3, 0.4) is 0 Å². The lowest BCUT2D eigenvalue weighted by atomic mass is 10.0. The molecule has 0 fully saturated rings. The van der Waals surface area contributed by atoms with E-state index in [0.29, 0.717) is 5.92 Å². The Bertz CT molecular complexity index is 578. The van der Waals surface area contributed by atoms with E-state index in [-0.39, 0.29) is 6.04 Å². The molecule has 0 amide bonds. The Morgan fingerprint density at radius 3 is 2.65 bits per heavy atom. The van der Waals surface area contributed by atoms with Crippen LogP contribution in [-0.4, -0.2) is 11.5 Å². The Morgan fingerprint density at radius 2 is 2.10 bits per heavy atom. The predicted octanol–water partition coefficient (Wildman–Crippen LogP) is 4.93. The Morgan fingerprint density at radius 1 is 1.35 bits per heavy atom. The summed E-state index contributed by atoms with van der Waals surface area (Å²) in [6.45, 7) is 9.48. The fourth-order valence-corrected chi connectivity index (χ4v) is 3.49. The third-order valence-electron chi connectivity index (χ3n) is 3.33. The van der Waals surface area contributed by atoms with Crippen LogP contribution in [-0.2, 0) is 0 Å². The molecule has 1 atom stereocenters. The molecule has 2 aromatic rings. The number of hydrogen-bond donors (Lipinski definition) is 1. The van der Waals surface area contributed by atoms with Crippen molar-refractivity contribution in [2.45, 2.75) is 39.7 Å². The fourth-order valence-electron chi connectivity index (χ4n) is 2.20. The smallest absolute Gasteiger partial charge is 0.114 e. The SMILES string of the molecule is CCNC(c1nc(C(C)C)cs1)c1ccc(Cl)cc1C. The van der Waals surface area contributed by atoms with Gasteiger partial charge in [0.2, 0.25) is 0 Å². The van der Waals surface area contributed by atoms with E-state index in [1.54, 1.807) is 11.3 Å². The molecular weight excluding hydrogens is 288 g/mol. The maximum absolute atomic E-state index is 6.06. The molecular formula is C16H21ClN2S. The lowest BCUT2D eigenvalue weighted by molar-refractivity contribution is 0.620. The molecule has 0 aliphatic rings. The molecule has 0 bridgehead atoms. The summed E-state index contributed by atoms with van der Waals surface area (Å²) >= 11 is 7.78. The maximum atomic E-state index is 6.06. The van der Waals surface area contributed by atoms with E-state index in [9.17, 15) is 0 Å². The molecule has 0 aliphatic heterocycles. The fraction of sp³-hybridized carbons (Fsp3) is 0.438. The van der Waals surface area contributed by atoms with Crippen LogP contribution in [0.5, 0.6) is 0 Å². The molecule has 20 heavy (non-hydrogen) atoms. The average Bonchev–Trinajstić information content (AvgIpc) is 2.86. The third-order valence-corrected chi connectivity index (χ3v) is 4.49. The minimum Gasteiger partial charge on any atom is -0.305 e. The van der Waals surface area contributed by atoms with Gasteiger partial charge in [-0.2, -0.15) is 0 Å². The highest BCUT2D eigenvalue weighted by molar-refractivity contribution is 7.09. The third kappa shape index (κ3) is 3.40. The van der Waals surface area contributed by atoms with E-state index < -0.39 is 0 Å². The largest absolute Gasteiger partial charge is 0.305 e. The number of thiazole rings is 1. The second-order valence-electron chi connectivity index (χ2n) is 5.26. The van der Waals surface area contributed by atoms with E-state index in [2.05, 4.69) is 44.5 Å². The summed E-state index contributed by atoms with van der Waals surface area (Å²) in [6, 6.07) is 6.21. The zero-order valence-electron chi connectivity index (χ0n) is 12.4. The van der Waals surface area contributed by atoms with Crippen molar-refractivity contribution in [2.75, 3.05) is 6.54 Å². The van der Waals surface area contributed by atoms with Gasteiger partial charge in [0, 0.05) is 10.4 Å². The van der Waals surface area contributed by atoms with E-state index in [0.717, 1.165) is 16.6 Å². The molecule has 0 saturated carbocycles. The lowest BCUT2D eigenvalue weighted by Crippen LogP contribution is -2.22. The molecule has 1 unspecified atom stereocenters. The van der Waals surface area contributed by atoms with Crippen molar-refractivity contribution in [1.82, 2.24) is 10.3 Å². The van der Waals surface area contributed by atoms with E-state index in [4.69, 9.17) is 16.6 Å². The number of nitrogens with zero attached hydrogens (tertiary/aromatic N) is 1. The van der Waals surface area contributed by atoms with Crippen molar-refractivity contribution in [2.24, 2.45) is 0 Å². The normalized spacial score (nSPS) is 12.9. The summed E-state index contributed by atoms with van der Waals surface area (Å²) < 4.78 is 0. The van der Waals surface area contributed by atoms with Crippen LogP contribution in [0.15, 0.2) is 23.6 Å². The van der Waals surface area contributed by atoms with Gasteiger partial charge in [0.15, 0.2) is 0 Å². The van der Waals surface area contributed by atoms with Crippen molar-refractivity contribution in [3.8, 4) is 0 Å². The zero-order valence-corrected chi connectivity index (χ0v) is 14.0. The highest BCUT2D eigenvalue weighted by atomic mass is 35.5. The van der Waals surface area contributed by atoms with Gasteiger partial charge in [-0.3, -0.25) is 0 Å². The van der Waals surface area contributed by atoms with Gasteiger partial charge in [-0.15, -0.1) is 11.3 Å². The van der Waals surface area contributed by atoms with Gasteiger partial charge in [0.1, 0.15) is 5.01 Å². The van der Waals surface area contributed by atoms with Crippen molar-refractivity contribution >= 4 is 22.9 Å². The van der Waals surface area contributed by atoms with Crippen LogP contribution in [0, 0.1) is 6.92 Å². The Kier molecular flexibility index (Phi) is 5.19. The van der Waals surface area contributed by atoms with Gasteiger partial charge in [-0.1, -0.05) is 38.4 Å². The van der Waals surface area contributed by atoms with E-state index >= 15 is 0 Å². The van der Waals surface area contributed by atoms with Crippen LogP contribution in [0.2, 0.25) is 5.02 Å². The number of rotatable bonds is 5. The van der Waals surface area contributed by atoms with Crippen molar-refractivity contribution in [3.63, 3.8) is 0 Å². The van der Waals surface area contributed by atoms with Crippen molar-refractivity contribution in [3.05, 3.63) is 50.4 Å². The average molecular weight is 309 g/mol. The molecule has 1 heterocycles. The summed E-state index contributed by atoms with van der Waals surface area (Å²) in [4.78, 5) is 4.79. The number of aryl methyl sites for hydroxylation is 1. The summed E-state index contributed by atoms with van der Waals surface area (Å²) in [5, 5.41) is 7.60. The van der Waals surface area contributed by atoms with Crippen LogP contribution in [0.1, 0.15) is 54.6 Å². The van der Waals surface area contributed by atoms with Gasteiger partial charge in [-0.25, -0.2) is 4.98 Å². The van der Waals surface area contributed by atoms with Gasteiger partial charge >= 0.3 is 0 Å². The molecule has 0 radical (unpaired) electrons. The number of aromatic nitrogens is 1. The van der Waals surface area contributed by atoms with Crippen molar-refractivity contribution in [1.29, 1.82) is 0 Å². The van der Waals surface area contributed by atoms with Crippen LogP contribution in [0.4, 0.5) is 0 Å². The standard InChI is InChI=1S/C16H21ClN2S/c1-5-18-15(13-7-6-12(17)8-11(13)4)16-19-14(9-20-16)10(2)3/h6-10,15,18H,5H2,1-4H3. The monoisotopic (exact) mass is 308 g/mol. The number of hydrogen-bond acceptors (Lipinski definition) is 3. The van der Waals surface area contributed by atoms with Gasteiger partial charge in [-0.05, 0) is 42.6 Å². The molecule has 2 nitrogen and oxygen atoms in total. The highest BCUT2D eigenvalue weighted by Crippen LogP contribution is 2.30. The van der Waals surface area contributed by atoms with E-state index in [1.807, 2.05) is 12.1 Å². The molecule has 4 heteroatoms. The highest BCUT2D eigenvalue weighted by Gasteiger charge is 2.19. The van der Waals surface area contributed by atoms with Gasteiger partial charge < -0.3 is 5.32 Å². The molecule has 1 N–H and O–H groups in total. The van der Waals surface area contributed by atoms with Gasteiger partial charge in [0.05, 0.1) is 11.7 Å². The Hall–Kier alpha value is -0.900. The molecule has 1 aromatic carbocycles. The summed E-state index contributed by atoms with van der Waals surface area (Å²) in [5.74, 6) is 0.466. The first-order valence-corrected chi connectivity index (χ1v) is 8.23. The first-order chi connectivity index (χ1) is 9.52. The quantitative estimate of drug-likeness (QED) is 0.847.